The predicted octanol–water partition coefficient (Wildman–Crippen LogP) is -0.406. The molecule has 5 heteroatoms. The van der Waals surface area contributed by atoms with Crippen LogP contribution in [0.5, 0.6) is 0 Å². The molecule has 0 saturated carbocycles. The van der Waals surface area contributed by atoms with Gasteiger partial charge in [0.2, 0.25) is 0 Å². The Morgan fingerprint density at radius 1 is 1.65 bits per heavy atom. The summed E-state index contributed by atoms with van der Waals surface area (Å²) in [5.74, 6) is 0.275. The molecule has 98 valence electrons. The van der Waals surface area contributed by atoms with Gasteiger partial charge in [0.15, 0.2) is 0 Å². The maximum Gasteiger partial charge on any atom is 0.251 e. The number of amides is 1. The number of likely N-dealkylation sites (N-methyl/N-ethyl adjacent to an activating group) is 1. The van der Waals surface area contributed by atoms with E-state index in [-0.39, 0.29) is 17.9 Å². The van der Waals surface area contributed by atoms with Gasteiger partial charge in [-0.25, -0.2) is 0 Å². The first-order chi connectivity index (χ1) is 8.02. The number of hydrogen-bond donors (Lipinski definition) is 2. The van der Waals surface area contributed by atoms with Crippen LogP contribution in [0.2, 0.25) is 0 Å². The summed E-state index contributed by atoms with van der Waals surface area (Å²) in [4.78, 5) is 13.8. The number of rotatable bonds is 3. The molecule has 3 unspecified atom stereocenters. The van der Waals surface area contributed by atoms with E-state index < -0.39 is 5.60 Å². The van der Waals surface area contributed by atoms with E-state index in [2.05, 4.69) is 5.32 Å². The Bertz CT molecular complexity index is 289. The van der Waals surface area contributed by atoms with Crippen molar-refractivity contribution >= 4 is 5.91 Å². The molecule has 17 heavy (non-hydrogen) atoms. The molecular weight excluding hydrogens is 220 g/mol. The van der Waals surface area contributed by atoms with Gasteiger partial charge in [0, 0.05) is 20.2 Å². The largest absolute Gasteiger partial charge is 0.387 e. The molecule has 0 bridgehead atoms. The molecule has 2 aliphatic heterocycles. The first kappa shape index (κ1) is 12.8. The van der Waals surface area contributed by atoms with E-state index in [4.69, 9.17) is 4.74 Å². The fourth-order valence-corrected chi connectivity index (χ4v) is 2.61. The molecule has 2 aliphatic rings. The molecule has 0 aromatic carbocycles. The van der Waals surface area contributed by atoms with Gasteiger partial charge in [-0.1, -0.05) is 6.92 Å². The Morgan fingerprint density at radius 2 is 2.41 bits per heavy atom. The summed E-state index contributed by atoms with van der Waals surface area (Å²) < 4.78 is 5.46. The van der Waals surface area contributed by atoms with Crippen LogP contribution in [-0.2, 0) is 9.53 Å². The predicted molar refractivity (Wildman–Crippen MR) is 63.6 cm³/mol. The zero-order chi connectivity index (χ0) is 12.5. The average Bonchev–Trinajstić information content (AvgIpc) is 2.86. The van der Waals surface area contributed by atoms with E-state index in [0.29, 0.717) is 26.1 Å². The molecule has 0 radical (unpaired) electrons. The number of carbonyl (C=O) groups excluding carboxylic acids is 1. The fraction of sp³-hybridized carbons (Fsp3) is 0.917. The summed E-state index contributed by atoms with van der Waals surface area (Å²) >= 11 is 0. The Kier molecular flexibility index (Phi) is 3.70. The zero-order valence-electron chi connectivity index (χ0n) is 10.6. The summed E-state index contributed by atoms with van der Waals surface area (Å²) in [6.07, 6.45) is 1.32. The monoisotopic (exact) mass is 242 g/mol. The molecule has 2 fully saturated rings. The van der Waals surface area contributed by atoms with Crippen LogP contribution in [0.4, 0.5) is 0 Å². The lowest BCUT2D eigenvalue weighted by molar-refractivity contribution is -0.144. The lowest BCUT2D eigenvalue weighted by Crippen LogP contribution is -2.48. The first-order valence-electron chi connectivity index (χ1n) is 6.31. The van der Waals surface area contributed by atoms with E-state index >= 15 is 0 Å². The van der Waals surface area contributed by atoms with Gasteiger partial charge in [0.1, 0.15) is 6.10 Å². The minimum absolute atomic E-state index is 0.00433. The topological polar surface area (TPSA) is 61.8 Å². The molecule has 0 aromatic heterocycles. The maximum absolute atomic E-state index is 12.2. The number of ether oxygens (including phenoxy) is 1. The highest BCUT2D eigenvalue weighted by Crippen LogP contribution is 2.23. The summed E-state index contributed by atoms with van der Waals surface area (Å²) in [7, 11) is 1.74. The Hall–Kier alpha value is -0.650. The third-order valence-corrected chi connectivity index (χ3v) is 3.76. The van der Waals surface area contributed by atoms with Gasteiger partial charge in [0.05, 0.1) is 12.1 Å². The lowest BCUT2D eigenvalue weighted by Gasteiger charge is -2.30. The highest BCUT2D eigenvalue weighted by Gasteiger charge is 2.37. The second-order valence-corrected chi connectivity index (χ2v) is 5.40. The molecule has 2 N–H and O–H groups in total. The third kappa shape index (κ3) is 2.78. The Balaban J connectivity index is 1.90. The second-order valence-electron chi connectivity index (χ2n) is 5.40. The molecular formula is C12H22N2O3. The molecule has 1 amide bonds. The van der Waals surface area contributed by atoms with Gasteiger partial charge in [-0.2, -0.15) is 0 Å². The van der Waals surface area contributed by atoms with Crippen molar-refractivity contribution < 1.29 is 14.6 Å². The number of nitrogens with zero attached hydrogens (tertiary/aromatic N) is 1. The SMILES string of the molecule is CC1CCOC1C(=O)N(C)CC1(O)CCNC1. The van der Waals surface area contributed by atoms with E-state index in [1.54, 1.807) is 11.9 Å². The minimum atomic E-state index is -0.772. The smallest absolute Gasteiger partial charge is 0.251 e. The van der Waals surface area contributed by atoms with Gasteiger partial charge in [-0.05, 0) is 25.3 Å². The van der Waals surface area contributed by atoms with E-state index in [0.717, 1.165) is 13.0 Å². The first-order valence-corrected chi connectivity index (χ1v) is 6.31. The summed E-state index contributed by atoms with van der Waals surface area (Å²) in [6.45, 7) is 4.46. The highest BCUT2D eigenvalue weighted by molar-refractivity contribution is 5.81. The van der Waals surface area contributed by atoms with Crippen molar-refractivity contribution in [2.45, 2.75) is 31.5 Å². The number of hydrogen-bond acceptors (Lipinski definition) is 4. The molecule has 0 aliphatic carbocycles. The van der Waals surface area contributed by atoms with Crippen LogP contribution >= 0.6 is 0 Å². The van der Waals surface area contributed by atoms with Crippen molar-refractivity contribution in [1.82, 2.24) is 10.2 Å². The number of carbonyl (C=O) groups is 1. The van der Waals surface area contributed by atoms with Crippen molar-refractivity contribution in [2.24, 2.45) is 5.92 Å². The normalized spacial score (nSPS) is 37.4. The molecule has 3 atom stereocenters. The van der Waals surface area contributed by atoms with Gasteiger partial charge in [0.25, 0.3) is 5.91 Å². The lowest BCUT2D eigenvalue weighted by atomic mass is 10.0. The van der Waals surface area contributed by atoms with E-state index in [9.17, 15) is 9.90 Å². The molecule has 2 saturated heterocycles. The van der Waals surface area contributed by atoms with Crippen LogP contribution in [0.15, 0.2) is 0 Å². The number of aliphatic hydroxyl groups is 1. The molecule has 0 aromatic rings. The molecule has 2 rings (SSSR count). The van der Waals surface area contributed by atoms with Crippen LogP contribution in [0.3, 0.4) is 0 Å². The maximum atomic E-state index is 12.2. The van der Waals surface area contributed by atoms with Crippen molar-refractivity contribution in [1.29, 1.82) is 0 Å². The van der Waals surface area contributed by atoms with E-state index in [1.165, 1.54) is 0 Å². The second kappa shape index (κ2) is 4.92. The van der Waals surface area contributed by atoms with Crippen LogP contribution in [0.1, 0.15) is 19.8 Å². The van der Waals surface area contributed by atoms with Gasteiger partial charge >= 0.3 is 0 Å². The summed E-state index contributed by atoms with van der Waals surface area (Å²) in [5, 5.41) is 13.3. The Morgan fingerprint density at radius 3 is 2.94 bits per heavy atom. The van der Waals surface area contributed by atoms with Crippen LogP contribution < -0.4 is 5.32 Å². The van der Waals surface area contributed by atoms with Crippen LogP contribution in [0.25, 0.3) is 0 Å². The quantitative estimate of drug-likeness (QED) is 0.706. The highest BCUT2D eigenvalue weighted by atomic mass is 16.5. The zero-order valence-corrected chi connectivity index (χ0v) is 10.6. The number of β-amino-alcohol motifs (C(OH)–C–C–N with tert-alkyl or cyclic N) is 1. The van der Waals surface area contributed by atoms with Crippen molar-refractivity contribution in [3.63, 3.8) is 0 Å². The molecule has 2 heterocycles. The fourth-order valence-electron chi connectivity index (χ4n) is 2.61. The van der Waals surface area contributed by atoms with Gasteiger partial charge in [-0.3, -0.25) is 4.79 Å². The van der Waals surface area contributed by atoms with Gasteiger partial charge < -0.3 is 20.1 Å². The number of nitrogens with one attached hydrogen (secondary N) is 1. The van der Waals surface area contributed by atoms with Gasteiger partial charge in [-0.15, -0.1) is 0 Å². The summed E-state index contributed by atoms with van der Waals surface area (Å²) in [5.41, 5.74) is -0.772. The standard InChI is InChI=1S/C12H22N2O3/c1-9-3-6-17-10(9)11(15)14(2)8-12(16)4-5-13-7-12/h9-10,13,16H,3-8H2,1-2H3. The van der Waals surface area contributed by atoms with Crippen LogP contribution in [0, 0.1) is 5.92 Å². The van der Waals surface area contributed by atoms with Crippen LogP contribution in [-0.4, -0.2) is 60.9 Å². The summed E-state index contributed by atoms with van der Waals surface area (Å²) in [6, 6.07) is 0. The minimum Gasteiger partial charge on any atom is -0.387 e. The third-order valence-electron chi connectivity index (χ3n) is 3.76. The Labute approximate surface area is 102 Å². The van der Waals surface area contributed by atoms with E-state index in [1.807, 2.05) is 6.92 Å². The molecule has 0 spiro atoms. The van der Waals surface area contributed by atoms with Crippen molar-refractivity contribution in [2.75, 3.05) is 33.3 Å². The average molecular weight is 242 g/mol. The van der Waals surface area contributed by atoms with Crippen molar-refractivity contribution in [3.8, 4) is 0 Å². The molecule has 5 nitrogen and oxygen atoms in total. The van der Waals surface area contributed by atoms with Crippen molar-refractivity contribution in [3.05, 3.63) is 0 Å².